The van der Waals surface area contributed by atoms with E-state index in [1.807, 2.05) is 17.9 Å². The molecule has 1 aromatic heterocycles. The SMILES string of the molecule is CC(=O)N(CC(C)C)C[C@H]1CN(Cc2ccc(C)o2)C[C@@H]1c1ccccc1. The molecule has 0 aliphatic carbocycles. The van der Waals surface area contributed by atoms with Crippen molar-refractivity contribution < 1.29 is 9.21 Å². The first-order valence-corrected chi connectivity index (χ1v) is 10.0. The lowest BCUT2D eigenvalue weighted by Gasteiger charge is -2.29. The Morgan fingerprint density at radius 3 is 2.52 bits per heavy atom. The summed E-state index contributed by atoms with van der Waals surface area (Å²) in [4.78, 5) is 16.7. The van der Waals surface area contributed by atoms with Gasteiger partial charge in [-0.05, 0) is 36.5 Å². The van der Waals surface area contributed by atoms with Crippen LogP contribution in [0.3, 0.4) is 0 Å². The molecular weight excluding hydrogens is 336 g/mol. The van der Waals surface area contributed by atoms with E-state index in [4.69, 9.17) is 4.42 Å². The molecule has 1 aliphatic heterocycles. The molecule has 1 aromatic carbocycles. The minimum atomic E-state index is 0.177. The first-order valence-electron chi connectivity index (χ1n) is 10.0. The topological polar surface area (TPSA) is 36.7 Å². The largest absolute Gasteiger partial charge is 0.465 e. The van der Waals surface area contributed by atoms with E-state index in [0.29, 0.717) is 17.8 Å². The lowest BCUT2D eigenvalue weighted by Crippen LogP contribution is -2.38. The van der Waals surface area contributed by atoms with Crippen molar-refractivity contribution in [3.63, 3.8) is 0 Å². The molecule has 0 bridgehead atoms. The highest BCUT2D eigenvalue weighted by molar-refractivity contribution is 5.73. The Morgan fingerprint density at radius 2 is 1.93 bits per heavy atom. The van der Waals surface area contributed by atoms with Gasteiger partial charge in [0.15, 0.2) is 0 Å². The number of benzene rings is 1. The van der Waals surface area contributed by atoms with Crippen LogP contribution in [0, 0.1) is 18.8 Å². The van der Waals surface area contributed by atoms with Gasteiger partial charge in [0.25, 0.3) is 0 Å². The molecule has 146 valence electrons. The quantitative estimate of drug-likeness (QED) is 0.731. The van der Waals surface area contributed by atoms with Gasteiger partial charge in [-0.1, -0.05) is 44.2 Å². The van der Waals surface area contributed by atoms with Gasteiger partial charge in [-0.15, -0.1) is 0 Å². The fourth-order valence-electron chi connectivity index (χ4n) is 4.20. The molecule has 27 heavy (non-hydrogen) atoms. The standard InChI is InChI=1S/C23H32N2O2/c1-17(2)12-25(19(4)26)14-21-13-24(15-22-11-10-18(3)27-22)16-23(21)20-8-6-5-7-9-20/h5-11,17,21,23H,12-16H2,1-4H3/t21-,23-/m1/s1. The van der Waals surface area contributed by atoms with Crippen molar-refractivity contribution >= 4 is 5.91 Å². The minimum absolute atomic E-state index is 0.177. The van der Waals surface area contributed by atoms with Gasteiger partial charge in [0.2, 0.25) is 5.91 Å². The fraction of sp³-hybridized carbons (Fsp3) is 0.522. The zero-order valence-electron chi connectivity index (χ0n) is 17.0. The Morgan fingerprint density at radius 1 is 1.19 bits per heavy atom. The molecule has 4 heteroatoms. The lowest BCUT2D eigenvalue weighted by atomic mass is 9.88. The van der Waals surface area contributed by atoms with Gasteiger partial charge in [-0.3, -0.25) is 9.69 Å². The zero-order chi connectivity index (χ0) is 19.4. The first kappa shape index (κ1) is 19.7. The van der Waals surface area contributed by atoms with E-state index in [-0.39, 0.29) is 5.91 Å². The molecular formula is C23H32N2O2. The second-order valence-electron chi connectivity index (χ2n) is 8.30. The van der Waals surface area contributed by atoms with Gasteiger partial charge in [0.05, 0.1) is 6.54 Å². The van der Waals surface area contributed by atoms with E-state index in [9.17, 15) is 4.79 Å². The van der Waals surface area contributed by atoms with Gasteiger partial charge in [0.1, 0.15) is 11.5 Å². The van der Waals surface area contributed by atoms with Gasteiger partial charge in [0, 0.05) is 39.0 Å². The summed E-state index contributed by atoms with van der Waals surface area (Å²) in [6, 6.07) is 14.8. The first-order chi connectivity index (χ1) is 12.9. The molecule has 0 saturated carbocycles. The predicted molar refractivity (Wildman–Crippen MR) is 108 cm³/mol. The van der Waals surface area contributed by atoms with Crippen LogP contribution in [0.4, 0.5) is 0 Å². The summed E-state index contributed by atoms with van der Waals surface area (Å²) < 4.78 is 5.79. The number of hydrogen-bond donors (Lipinski definition) is 0. The molecule has 4 nitrogen and oxygen atoms in total. The highest BCUT2D eigenvalue weighted by Gasteiger charge is 2.35. The van der Waals surface area contributed by atoms with E-state index in [0.717, 1.165) is 44.2 Å². The number of aryl methyl sites for hydroxylation is 1. The predicted octanol–water partition coefficient (Wildman–Crippen LogP) is 4.31. The van der Waals surface area contributed by atoms with Crippen LogP contribution in [0.15, 0.2) is 46.9 Å². The van der Waals surface area contributed by atoms with Crippen LogP contribution in [0.25, 0.3) is 0 Å². The number of nitrogens with zero attached hydrogens (tertiary/aromatic N) is 2. The Labute approximate surface area is 163 Å². The number of hydrogen-bond acceptors (Lipinski definition) is 3. The number of rotatable bonds is 7. The van der Waals surface area contributed by atoms with Gasteiger partial charge < -0.3 is 9.32 Å². The summed E-state index contributed by atoms with van der Waals surface area (Å²) in [5.41, 5.74) is 1.37. The fourth-order valence-corrected chi connectivity index (χ4v) is 4.20. The highest BCUT2D eigenvalue weighted by atomic mass is 16.3. The van der Waals surface area contributed by atoms with Crippen molar-refractivity contribution in [2.75, 3.05) is 26.2 Å². The highest BCUT2D eigenvalue weighted by Crippen LogP contribution is 2.34. The molecule has 0 radical (unpaired) electrons. The van der Waals surface area contributed by atoms with Crippen LogP contribution in [0.1, 0.15) is 43.8 Å². The van der Waals surface area contributed by atoms with Crippen molar-refractivity contribution in [1.82, 2.24) is 9.80 Å². The van der Waals surface area contributed by atoms with Crippen LogP contribution in [-0.2, 0) is 11.3 Å². The smallest absolute Gasteiger partial charge is 0.219 e. The normalized spacial score (nSPS) is 20.3. The second kappa shape index (κ2) is 8.75. The van der Waals surface area contributed by atoms with Crippen molar-refractivity contribution in [2.24, 2.45) is 11.8 Å². The number of likely N-dealkylation sites (tertiary alicyclic amines) is 1. The number of amides is 1. The summed E-state index contributed by atoms with van der Waals surface area (Å²) >= 11 is 0. The summed E-state index contributed by atoms with van der Waals surface area (Å²) in [5, 5.41) is 0. The Kier molecular flexibility index (Phi) is 6.38. The van der Waals surface area contributed by atoms with Crippen LogP contribution < -0.4 is 0 Å². The molecule has 1 aliphatic rings. The maximum absolute atomic E-state index is 12.2. The summed E-state index contributed by atoms with van der Waals surface area (Å²) in [7, 11) is 0. The average Bonchev–Trinajstić information content (AvgIpc) is 3.21. The van der Waals surface area contributed by atoms with Gasteiger partial charge in [-0.2, -0.15) is 0 Å². The zero-order valence-corrected chi connectivity index (χ0v) is 17.0. The van der Waals surface area contributed by atoms with E-state index in [1.165, 1.54) is 5.56 Å². The van der Waals surface area contributed by atoms with Crippen LogP contribution in [0.2, 0.25) is 0 Å². The molecule has 0 spiro atoms. The molecule has 2 heterocycles. The van der Waals surface area contributed by atoms with Crippen molar-refractivity contribution in [3.05, 3.63) is 59.5 Å². The lowest BCUT2D eigenvalue weighted by molar-refractivity contribution is -0.130. The summed E-state index contributed by atoms with van der Waals surface area (Å²) in [6.07, 6.45) is 0. The molecule has 0 unspecified atom stereocenters. The third-order valence-electron chi connectivity index (χ3n) is 5.41. The third kappa shape index (κ3) is 5.23. The molecule has 1 fully saturated rings. The molecule has 1 amide bonds. The van der Waals surface area contributed by atoms with Crippen molar-refractivity contribution in [3.8, 4) is 0 Å². The summed E-state index contributed by atoms with van der Waals surface area (Å²) in [6.45, 7) is 12.5. The van der Waals surface area contributed by atoms with Crippen molar-refractivity contribution in [2.45, 2.75) is 40.2 Å². The van der Waals surface area contributed by atoms with E-state index >= 15 is 0 Å². The van der Waals surface area contributed by atoms with Crippen LogP contribution in [0.5, 0.6) is 0 Å². The average molecular weight is 369 g/mol. The maximum Gasteiger partial charge on any atom is 0.219 e. The van der Waals surface area contributed by atoms with E-state index in [1.54, 1.807) is 6.92 Å². The Balaban J connectivity index is 1.76. The number of carbonyl (C=O) groups excluding carboxylic acids is 1. The third-order valence-corrected chi connectivity index (χ3v) is 5.41. The molecule has 0 N–H and O–H groups in total. The minimum Gasteiger partial charge on any atom is -0.465 e. The Hall–Kier alpha value is -2.07. The van der Waals surface area contributed by atoms with E-state index < -0.39 is 0 Å². The number of furan rings is 1. The molecule has 3 rings (SSSR count). The van der Waals surface area contributed by atoms with Gasteiger partial charge >= 0.3 is 0 Å². The summed E-state index contributed by atoms with van der Waals surface area (Å²) in [5.74, 6) is 3.51. The monoisotopic (exact) mass is 368 g/mol. The van der Waals surface area contributed by atoms with E-state index in [2.05, 4.69) is 55.1 Å². The molecule has 1 saturated heterocycles. The maximum atomic E-state index is 12.2. The second-order valence-corrected chi connectivity index (χ2v) is 8.30. The molecule has 2 aromatic rings. The molecule has 2 atom stereocenters. The van der Waals surface area contributed by atoms with Crippen LogP contribution in [-0.4, -0.2) is 41.9 Å². The van der Waals surface area contributed by atoms with Crippen molar-refractivity contribution in [1.29, 1.82) is 0 Å². The van der Waals surface area contributed by atoms with Crippen LogP contribution >= 0.6 is 0 Å². The Bertz CT molecular complexity index is 738. The number of carbonyl (C=O) groups is 1. The van der Waals surface area contributed by atoms with Gasteiger partial charge in [-0.25, -0.2) is 0 Å².